The lowest BCUT2D eigenvalue weighted by atomic mass is 10.2. The van der Waals surface area contributed by atoms with Gasteiger partial charge in [0.25, 0.3) is 0 Å². The molecule has 0 unspecified atom stereocenters. The molecule has 0 fully saturated rings. The quantitative estimate of drug-likeness (QED) is 0.531. The molecule has 4 heteroatoms. The Labute approximate surface area is 84.2 Å². The molecule has 2 rings (SSSR count). The maximum absolute atomic E-state index is 8.48. The van der Waals surface area contributed by atoms with Gasteiger partial charge in [0.2, 0.25) is 0 Å². The zero-order valence-corrected chi connectivity index (χ0v) is 8.58. The van der Waals surface area contributed by atoms with Crippen molar-refractivity contribution in [2.75, 3.05) is 0 Å². The largest absolute Gasteiger partial charge is 0.229 e. The van der Waals surface area contributed by atoms with E-state index in [9.17, 15) is 0 Å². The van der Waals surface area contributed by atoms with Crippen LogP contribution in [0.5, 0.6) is 0 Å². The van der Waals surface area contributed by atoms with Crippen molar-refractivity contribution in [2.45, 2.75) is 11.3 Å². The van der Waals surface area contributed by atoms with Gasteiger partial charge in [-0.3, -0.25) is 0 Å². The molecule has 64 valence electrons. The second kappa shape index (κ2) is 3.36. The summed E-state index contributed by atoms with van der Waals surface area (Å²) in [6.45, 7) is 2.05. The predicted molar refractivity (Wildman–Crippen MR) is 55.8 cm³/mol. The van der Waals surface area contributed by atoms with Crippen LogP contribution in [0, 0.1) is 17.6 Å². The van der Waals surface area contributed by atoms with Crippen LogP contribution in [0.15, 0.2) is 22.5 Å². The van der Waals surface area contributed by atoms with E-state index in [0.717, 1.165) is 26.3 Å². The van der Waals surface area contributed by atoms with Crippen molar-refractivity contribution in [3.8, 4) is 5.40 Å². The van der Waals surface area contributed by atoms with Crippen molar-refractivity contribution in [1.82, 2.24) is 4.98 Å². The van der Waals surface area contributed by atoms with Gasteiger partial charge in [-0.2, -0.15) is 5.26 Å². The summed E-state index contributed by atoms with van der Waals surface area (Å²) in [7, 11) is 0. The smallest absolute Gasteiger partial charge is 0.165 e. The third-order valence-corrected chi connectivity index (χ3v) is 3.33. The predicted octanol–water partition coefficient (Wildman–Crippen LogP) is 3.18. The van der Waals surface area contributed by atoms with Crippen molar-refractivity contribution < 1.29 is 0 Å². The zero-order valence-electron chi connectivity index (χ0n) is 6.94. The molecule has 1 aromatic heterocycles. The van der Waals surface area contributed by atoms with Gasteiger partial charge in [0.05, 0.1) is 10.2 Å². The molecule has 0 amide bonds. The Morgan fingerprint density at radius 2 is 2.38 bits per heavy atom. The van der Waals surface area contributed by atoms with Crippen LogP contribution >= 0.6 is 23.1 Å². The fourth-order valence-electron chi connectivity index (χ4n) is 1.09. The van der Waals surface area contributed by atoms with E-state index in [1.807, 2.05) is 17.5 Å². The number of aryl methyl sites for hydroxylation is 1. The van der Waals surface area contributed by atoms with Gasteiger partial charge in [-0.05, 0) is 24.6 Å². The molecule has 2 nitrogen and oxygen atoms in total. The second-order valence-electron chi connectivity index (χ2n) is 2.64. The van der Waals surface area contributed by atoms with Gasteiger partial charge in [-0.1, -0.05) is 6.07 Å². The van der Waals surface area contributed by atoms with Crippen LogP contribution in [-0.2, 0) is 0 Å². The van der Waals surface area contributed by atoms with Crippen LogP contribution in [0.25, 0.3) is 10.2 Å². The number of rotatable bonds is 1. The van der Waals surface area contributed by atoms with Gasteiger partial charge in [0.15, 0.2) is 4.34 Å². The average Bonchev–Trinajstić information content (AvgIpc) is 2.46. The summed E-state index contributed by atoms with van der Waals surface area (Å²) in [5, 5.41) is 10.5. The molecule has 0 radical (unpaired) electrons. The molecule has 0 aliphatic heterocycles. The van der Waals surface area contributed by atoms with Gasteiger partial charge >= 0.3 is 0 Å². The molecule has 0 saturated heterocycles. The maximum Gasteiger partial charge on any atom is 0.165 e. The minimum atomic E-state index is 0.822. The van der Waals surface area contributed by atoms with Crippen LogP contribution in [-0.4, -0.2) is 4.98 Å². The summed E-state index contributed by atoms with van der Waals surface area (Å²) in [4.78, 5) is 4.30. The summed E-state index contributed by atoms with van der Waals surface area (Å²) in [6.07, 6.45) is 0. The number of fused-ring (bicyclic) bond motifs is 1. The first-order valence-corrected chi connectivity index (χ1v) is 5.36. The number of thiocyanates is 1. The molecule has 1 aromatic carbocycles. The fraction of sp³-hybridized carbons (Fsp3) is 0.111. The first-order valence-electron chi connectivity index (χ1n) is 3.73. The Morgan fingerprint density at radius 3 is 3.15 bits per heavy atom. The lowest BCUT2D eigenvalue weighted by molar-refractivity contribution is 1.31. The highest BCUT2D eigenvalue weighted by Crippen LogP contribution is 2.29. The molecule has 0 aliphatic rings. The van der Waals surface area contributed by atoms with Crippen LogP contribution in [0.1, 0.15) is 5.56 Å². The summed E-state index contributed by atoms with van der Waals surface area (Å²) in [5.41, 5.74) is 2.21. The summed E-state index contributed by atoms with van der Waals surface area (Å²) < 4.78 is 1.97. The molecule has 0 saturated carbocycles. The first-order chi connectivity index (χ1) is 6.29. The van der Waals surface area contributed by atoms with Crippen molar-refractivity contribution in [2.24, 2.45) is 0 Å². The number of thiazole rings is 1. The first kappa shape index (κ1) is 8.54. The van der Waals surface area contributed by atoms with Gasteiger partial charge in [0.1, 0.15) is 5.40 Å². The minimum absolute atomic E-state index is 0.822. The van der Waals surface area contributed by atoms with Gasteiger partial charge < -0.3 is 0 Å². The van der Waals surface area contributed by atoms with Crippen molar-refractivity contribution in [3.63, 3.8) is 0 Å². The Hall–Kier alpha value is -1.05. The molecule has 0 N–H and O–H groups in total. The van der Waals surface area contributed by atoms with E-state index >= 15 is 0 Å². The van der Waals surface area contributed by atoms with Crippen molar-refractivity contribution in [1.29, 1.82) is 5.26 Å². The van der Waals surface area contributed by atoms with Gasteiger partial charge in [-0.25, -0.2) is 4.98 Å². The summed E-state index contributed by atoms with van der Waals surface area (Å²) in [6, 6.07) is 6.11. The van der Waals surface area contributed by atoms with E-state index in [0.29, 0.717) is 0 Å². The molecule has 0 bridgehead atoms. The van der Waals surface area contributed by atoms with Crippen LogP contribution in [0.2, 0.25) is 0 Å². The Bertz CT molecular complexity index is 482. The molecule has 0 spiro atoms. The number of nitriles is 1. The van der Waals surface area contributed by atoms with E-state index in [-0.39, 0.29) is 0 Å². The molecule has 0 aliphatic carbocycles. The number of thioether (sulfide) groups is 1. The highest BCUT2D eigenvalue weighted by molar-refractivity contribution is 8.05. The topological polar surface area (TPSA) is 36.7 Å². The molecule has 0 atom stereocenters. The molecular weight excluding hydrogens is 200 g/mol. The minimum Gasteiger partial charge on any atom is -0.229 e. The number of nitrogens with zero attached hydrogens (tertiary/aromatic N) is 2. The molecule has 1 heterocycles. The lowest BCUT2D eigenvalue weighted by Gasteiger charge is -1.88. The van der Waals surface area contributed by atoms with E-state index in [1.54, 1.807) is 11.3 Å². The highest BCUT2D eigenvalue weighted by atomic mass is 32.2. The molecular formula is C9H6N2S2. The molecule has 2 aromatic rings. The highest BCUT2D eigenvalue weighted by Gasteiger charge is 2.03. The van der Waals surface area contributed by atoms with E-state index in [1.165, 1.54) is 5.56 Å². The Morgan fingerprint density at radius 1 is 1.54 bits per heavy atom. The molecule has 13 heavy (non-hydrogen) atoms. The standard InChI is InChI=1S/C9H6N2S2/c1-6-2-3-7-8(4-6)13-9(11-7)12-5-10/h2-4H,1H3. The lowest BCUT2D eigenvalue weighted by Crippen LogP contribution is -1.70. The summed E-state index contributed by atoms with van der Waals surface area (Å²) >= 11 is 2.69. The van der Waals surface area contributed by atoms with E-state index in [2.05, 4.69) is 18.0 Å². The zero-order chi connectivity index (χ0) is 9.26. The van der Waals surface area contributed by atoms with Crippen LogP contribution < -0.4 is 0 Å². The van der Waals surface area contributed by atoms with E-state index < -0.39 is 0 Å². The fourth-order valence-corrected chi connectivity index (χ4v) is 2.66. The van der Waals surface area contributed by atoms with Crippen molar-refractivity contribution in [3.05, 3.63) is 23.8 Å². The van der Waals surface area contributed by atoms with Crippen molar-refractivity contribution >= 4 is 33.3 Å². The number of aromatic nitrogens is 1. The van der Waals surface area contributed by atoms with Crippen LogP contribution in [0.4, 0.5) is 0 Å². The monoisotopic (exact) mass is 206 g/mol. The normalized spacial score (nSPS) is 10.2. The summed E-state index contributed by atoms with van der Waals surface area (Å²) in [5.74, 6) is 0. The average molecular weight is 206 g/mol. The number of benzene rings is 1. The van der Waals surface area contributed by atoms with Gasteiger partial charge in [0, 0.05) is 11.8 Å². The van der Waals surface area contributed by atoms with Crippen LogP contribution in [0.3, 0.4) is 0 Å². The number of hydrogen-bond acceptors (Lipinski definition) is 4. The SMILES string of the molecule is Cc1ccc2nc(SC#N)sc2c1. The third kappa shape index (κ3) is 1.67. The second-order valence-corrected chi connectivity index (χ2v) is 4.71. The maximum atomic E-state index is 8.48. The van der Waals surface area contributed by atoms with E-state index in [4.69, 9.17) is 5.26 Å². The van der Waals surface area contributed by atoms with Gasteiger partial charge in [-0.15, -0.1) is 11.3 Å². The Kier molecular flexibility index (Phi) is 2.21. The Balaban J connectivity index is 2.57. The third-order valence-electron chi connectivity index (χ3n) is 1.66. The number of hydrogen-bond donors (Lipinski definition) is 0.